The lowest BCUT2D eigenvalue weighted by atomic mass is 9.93. The molecule has 1 unspecified atom stereocenters. The smallest absolute Gasteiger partial charge is 0.0594 e. The topological polar surface area (TPSA) is 12.0 Å². The Morgan fingerprint density at radius 1 is 1.05 bits per heavy atom. The lowest BCUT2D eigenvalue weighted by Crippen LogP contribution is -2.23. The molecule has 0 radical (unpaired) electrons. The third kappa shape index (κ3) is 3.89. The van der Waals surface area contributed by atoms with Gasteiger partial charge in [-0.25, -0.2) is 0 Å². The summed E-state index contributed by atoms with van der Waals surface area (Å²) in [6.45, 7) is 7.23. The van der Waals surface area contributed by atoms with Crippen LogP contribution in [0.2, 0.25) is 5.02 Å². The van der Waals surface area contributed by atoms with Crippen molar-refractivity contribution in [1.82, 2.24) is 5.32 Å². The molecule has 2 aromatic carbocycles. The molecule has 0 aliphatic carbocycles. The SMILES string of the molecule is CCNC(c1cc(C)c(Br)cc1C)c1cc(Br)ccc1Cl. The summed E-state index contributed by atoms with van der Waals surface area (Å²) in [4.78, 5) is 0. The van der Waals surface area contributed by atoms with Crippen molar-refractivity contribution in [3.8, 4) is 0 Å². The molecule has 0 aromatic heterocycles. The van der Waals surface area contributed by atoms with Crippen LogP contribution >= 0.6 is 43.5 Å². The van der Waals surface area contributed by atoms with E-state index in [0.717, 1.165) is 26.1 Å². The predicted molar refractivity (Wildman–Crippen MR) is 98.3 cm³/mol. The molecule has 0 saturated carbocycles. The van der Waals surface area contributed by atoms with Gasteiger partial charge in [0.25, 0.3) is 0 Å². The maximum Gasteiger partial charge on any atom is 0.0594 e. The van der Waals surface area contributed by atoms with Crippen LogP contribution in [0.1, 0.15) is 35.2 Å². The molecule has 1 nitrogen and oxygen atoms in total. The van der Waals surface area contributed by atoms with E-state index in [1.165, 1.54) is 16.7 Å². The molecule has 0 fully saturated rings. The van der Waals surface area contributed by atoms with Crippen LogP contribution in [0, 0.1) is 13.8 Å². The first kappa shape index (κ1) is 17.0. The van der Waals surface area contributed by atoms with Gasteiger partial charge >= 0.3 is 0 Å². The van der Waals surface area contributed by atoms with E-state index in [1.807, 2.05) is 12.1 Å². The van der Waals surface area contributed by atoms with Gasteiger partial charge < -0.3 is 5.32 Å². The van der Waals surface area contributed by atoms with E-state index < -0.39 is 0 Å². The standard InChI is InChI=1S/C17H18Br2ClN/c1-4-21-17(14-9-12(18)5-6-16(14)20)13-7-11(3)15(19)8-10(13)2/h5-9,17,21H,4H2,1-3H3. The first-order chi connectivity index (χ1) is 9.93. The van der Waals surface area contributed by atoms with E-state index in [2.05, 4.69) is 76.1 Å². The van der Waals surface area contributed by atoms with Crippen LogP contribution in [0.5, 0.6) is 0 Å². The molecule has 0 aliphatic rings. The molecule has 0 heterocycles. The Labute approximate surface area is 148 Å². The van der Waals surface area contributed by atoms with Crippen LogP contribution in [0.3, 0.4) is 0 Å². The van der Waals surface area contributed by atoms with Gasteiger partial charge in [-0.1, -0.05) is 56.5 Å². The Hall–Kier alpha value is -0.350. The van der Waals surface area contributed by atoms with Crippen LogP contribution in [0.4, 0.5) is 0 Å². The average molecular weight is 432 g/mol. The van der Waals surface area contributed by atoms with Crippen molar-refractivity contribution >= 4 is 43.5 Å². The molecule has 0 aliphatic heterocycles. The van der Waals surface area contributed by atoms with Crippen molar-refractivity contribution in [2.45, 2.75) is 26.8 Å². The third-order valence-corrected chi connectivity index (χ3v) is 5.23. The molecule has 0 amide bonds. The second-order valence-electron chi connectivity index (χ2n) is 5.11. The van der Waals surface area contributed by atoms with E-state index in [1.54, 1.807) is 0 Å². The lowest BCUT2D eigenvalue weighted by molar-refractivity contribution is 0.627. The summed E-state index contributed by atoms with van der Waals surface area (Å²) >= 11 is 13.6. The van der Waals surface area contributed by atoms with Crippen LogP contribution < -0.4 is 5.32 Å². The van der Waals surface area contributed by atoms with Gasteiger partial charge in [-0.05, 0) is 66.9 Å². The quantitative estimate of drug-likeness (QED) is 0.609. The Morgan fingerprint density at radius 3 is 2.43 bits per heavy atom. The normalized spacial score (nSPS) is 12.5. The molecule has 4 heteroatoms. The van der Waals surface area contributed by atoms with Gasteiger partial charge in [-0.15, -0.1) is 0 Å². The zero-order valence-corrected chi connectivity index (χ0v) is 16.2. The highest BCUT2D eigenvalue weighted by Crippen LogP contribution is 2.34. The zero-order chi connectivity index (χ0) is 15.6. The minimum atomic E-state index is 0.0896. The molecule has 2 aromatic rings. The number of nitrogens with one attached hydrogen (secondary N) is 1. The molecule has 0 bridgehead atoms. The largest absolute Gasteiger partial charge is 0.306 e. The number of aryl methyl sites for hydroxylation is 2. The summed E-state index contributed by atoms with van der Waals surface area (Å²) < 4.78 is 2.18. The first-order valence-corrected chi connectivity index (χ1v) is 8.85. The highest BCUT2D eigenvalue weighted by Gasteiger charge is 2.19. The summed E-state index contributed by atoms with van der Waals surface area (Å²) in [5.74, 6) is 0. The molecular formula is C17H18Br2ClN. The van der Waals surface area contributed by atoms with Crippen LogP contribution in [0.25, 0.3) is 0 Å². The number of hydrogen-bond donors (Lipinski definition) is 1. The van der Waals surface area contributed by atoms with Gasteiger partial charge in [-0.3, -0.25) is 0 Å². The fourth-order valence-electron chi connectivity index (χ4n) is 2.44. The van der Waals surface area contributed by atoms with Crippen molar-refractivity contribution in [3.63, 3.8) is 0 Å². The third-order valence-electron chi connectivity index (χ3n) is 3.54. The molecule has 112 valence electrons. The van der Waals surface area contributed by atoms with Crippen molar-refractivity contribution in [2.75, 3.05) is 6.54 Å². The van der Waals surface area contributed by atoms with Gasteiger partial charge in [0.05, 0.1) is 6.04 Å². The molecule has 0 saturated heterocycles. The van der Waals surface area contributed by atoms with Crippen molar-refractivity contribution in [3.05, 3.63) is 66.6 Å². The second-order valence-corrected chi connectivity index (χ2v) is 7.29. The van der Waals surface area contributed by atoms with E-state index in [0.29, 0.717) is 0 Å². The Bertz CT molecular complexity index is 655. The highest BCUT2D eigenvalue weighted by atomic mass is 79.9. The predicted octanol–water partition coefficient (Wildman–Crippen LogP) is 6.18. The van der Waals surface area contributed by atoms with E-state index in [4.69, 9.17) is 11.6 Å². The van der Waals surface area contributed by atoms with Gasteiger partial charge in [-0.2, -0.15) is 0 Å². The fourth-order valence-corrected chi connectivity index (χ4v) is 3.50. The van der Waals surface area contributed by atoms with Crippen LogP contribution in [-0.4, -0.2) is 6.54 Å². The Kier molecular flexibility index (Phi) is 5.89. The molecule has 2 rings (SSSR count). The average Bonchev–Trinajstić information content (AvgIpc) is 2.43. The highest BCUT2D eigenvalue weighted by molar-refractivity contribution is 9.10. The van der Waals surface area contributed by atoms with Crippen molar-refractivity contribution in [2.24, 2.45) is 0 Å². The van der Waals surface area contributed by atoms with E-state index in [-0.39, 0.29) is 6.04 Å². The summed E-state index contributed by atoms with van der Waals surface area (Å²) in [5, 5.41) is 4.33. The Morgan fingerprint density at radius 2 is 1.76 bits per heavy atom. The number of hydrogen-bond acceptors (Lipinski definition) is 1. The molecular weight excluding hydrogens is 413 g/mol. The fraction of sp³-hybridized carbons (Fsp3) is 0.294. The first-order valence-electron chi connectivity index (χ1n) is 6.89. The summed E-state index contributed by atoms with van der Waals surface area (Å²) in [6, 6.07) is 10.5. The lowest BCUT2D eigenvalue weighted by Gasteiger charge is -2.23. The molecule has 21 heavy (non-hydrogen) atoms. The monoisotopic (exact) mass is 429 g/mol. The molecule has 1 N–H and O–H groups in total. The summed E-state index contributed by atoms with van der Waals surface area (Å²) in [7, 11) is 0. The van der Waals surface area contributed by atoms with Gasteiger partial charge in [0.1, 0.15) is 0 Å². The van der Waals surface area contributed by atoms with Gasteiger partial charge in [0.2, 0.25) is 0 Å². The minimum absolute atomic E-state index is 0.0896. The zero-order valence-electron chi connectivity index (χ0n) is 12.3. The van der Waals surface area contributed by atoms with Crippen molar-refractivity contribution in [1.29, 1.82) is 0 Å². The molecule has 1 atom stereocenters. The number of benzene rings is 2. The summed E-state index contributed by atoms with van der Waals surface area (Å²) in [5.41, 5.74) is 4.83. The minimum Gasteiger partial charge on any atom is -0.306 e. The van der Waals surface area contributed by atoms with E-state index in [9.17, 15) is 0 Å². The van der Waals surface area contributed by atoms with Gasteiger partial charge in [0.15, 0.2) is 0 Å². The van der Waals surface area contributed by atoms with Crippen LogP contribution in [0.15, 0.2) is 39.3 Å². The number of halogens is 3. The Balaban J connectivity index is 2.58. The van der Waals surface area contributed by atoms with Crippen molar-refractivity contribution < 1.29 is 0 Å². The second kappa shape index (κ2) is 7.28. The number of rotatable bonds is 4. The maximum absolute atomic E-state index is 6.43. The van der Waals surface area contributed by atoms with E-state index >= 15 is 0 Å². The summed E-state index contributed by atoms with van der Waals surface area (Å²) in [6.07, 6.45) is 0. The van der Waals surface area contributed by atoms with Gasteiger partial charge in [0, 0.05) is 14.0 Å². The van der Waals surface area contributed by atoms with Crippen LogP contribution in [-0.2, 0) is 0 Å². The maximum atomic E-state index is 6.43. The molecule has 0 spiro atoms.